The first-order valence-electron chi connectivity index (χ1n) is 8.29. The number of halogens is 2. The van der Waals surface area contributed by atoms with Crippen LogP contribution in [-0.4, -0.2) is 11.1 Å². The van der Waals surface area contributed by atoms with Crippen molar-refractivity contribution in [3.05, 3.63) is 41.6 Å². The van der Waals surface area contributed by atoms with Gasteiger partial charge in [0.2, 0.25) is 5.91 Å². The summed E-state index contributed by atoms with van der Waals surface area (Å²) in [6.45, 7) is 0.234. The average molecular weight is 334 g/mol. The Hall–Kier alpha value is -2.24. The van der Waals surface area contributed by atoms with E-state index in [1.807, 2.05) is 0 Å². The molecule has 1 saturated carbocycles. The molecular formula is C18H20F2N2O2. The standard InChI is InChI=1S/C18H20F2N2O2/c19-13-6-7-15(16(20)9-13)17-10-14(22-24-17)11-21-18(23)8-12-4-2-1-3-5-12/h6-7,9-10,12H,1-5,8,11H2,(H,21,23). The molecule has 128 valence electrons. The van der Waals surface area contributed by atoms with Gasteiger partial charge in [0, 0.05) is 18.6 Å². The second kappa shape index (κ2) is 7.55. The maximum absolute atomic E-state index is 13.7. The van der Waals surface area contributed by atoms with Crippen LogP contribution in [0.25, 0.3) is 11.3 Å². The zero-order valence-corrected chi connectivity index (χ0v) is 13.4. The minimum absolute atomic E-state index is 0.000544. The van der Waals surface area contributed by atoms with Crippen molar-refractivity contribution in [1.82, 2.24) is 10.5 Å². The van der Waals surface area contributed by atoms with Crippen LogP contribution in [0.5, 0.6) is 0 Å². The highest BCUT2D eigenvalue weighted by Crippen LogP contribution is 2.26. The van der Waals surface area contributed by atoms with Crippen molar-refractivity contribution in [3.8, 4) is 11.3 Å². The van der Waals surface area contributed by atoms with E-state index in [1.54, 1.807) is 6.07 Å². The van der Waals surface area contributed by atoms with Crippen LogP contribution in [0, 0.1) is 17.6 Å². The van der Waals surface area contributed by atoms with Crippen LogP contribution in [0.1, 0.15) is 44.2 Å². The molecule has 6 heteroatoms. The fourth-order valence-electron chi connectivity index (χ4n) is 3.13. The normalized spacial score (nSPS) is 15.4. The summed E-state index contributed by atoms with van der Waals surface area (Å²) < 4.78 is 31.7. The Kier molecular flexibility index (Phi) is 5.23. The average Bonchev–Trinajstić information content (AvgIpc) is 3.02. The molecule has 1 amide bonds. The summed E-state index contributed by atoms with van der Waals surface area (Å²) in [4.78, 5) is 12.0. The molecule has 1 N–H and O–H groups in total. The van der Waals surface area contributed by atoms with Crippen LogP contribution in [0.15, 0.2) is 28.8 Å². The summed E-state index contributed by atoms with van der Waals surface area (Å²) in [7, 11) is 0. The van der Waals surface area contributed by atoms with Gasteiger partial charge in [-0.2, -0.15) is 0 Å². The second-order valence-electron chi connectivity index (χ2n) is 6.29. The minimum Gasteiger partial charge on any atom is -0.356 e. The van der Waals surface area contributed by atoms with Gasteiger partial charge in [0.25, 0.3) is 0 Å². The summed E-state index contributed by atoms with van der Waals surface area (Å²) in [5.74, 6) is -0.673. The molecule has 3 rings (SSSR count). The van der Waals surface area contributed by atoms with Crippen LogP contribution in [0.2, 0.25) is 0 Å². The zero-order chi connectivity index (χ0) is 16.9. The lowest BCUT2D eigenvalue weighted by molar-refractivity contribution is -0.122. The van der Waals surface area contributed by atoms with Gasteiger partial charge in [-0.25, -0.2) is 8.78 Å². The number of nitrogens with one attached hydrogen (secondary N) is 1. The fraction of sp³-hybridized carbons (Fsp3) is 0.444. The van der Waals surface area contributed by atoms with E-state index in [9.17, 15) is 13.6 Å². The van der Waals surface area contributed by atoms with Gasteiger partial charge in [0.05, 0.1) is 12.1 Å². The summed E-state index contributed by atoms with van der Waals surface area (Å²) in [5.41, 5.74) is 0.648. The van der Waals surface area contributed by atoms with Gasteiger partial charge in [-0.1, -0.05) is 24.4 Å². The Bertz CT molecular complexity index is 709. The molecule has 1 aromatic carbocycles. The molecule has 4 nitrogen and oxygen atoms in total. The van der Waals surface area contributed by atoms with Crippen molar-refractivity contribution in [2.45, 2.75) is 45.1 Å². The predicted molar refractivity (Wildman–Crippen MR) is 84.9 cm³/mol. The molecule has 1 heterocycles. The van der Waals surface area contributed by atoms with Crippen molar-refractivity contribution in [3.63, 3.8) is 0 Å². The number of aromatic nitrogens is 1. The van der Waals surface area contributed by atoms with E-state index in [1.165, 1.54) is 25.3 Å². The van der Waals surface area contributed by atoms with E-state index < -0.39 is 11.6 Å². The molecule has 1 aliphatic carbocycles. The van der Waals surface area contributed by atoms with Crippen molar-refractivity contribution in [2.75, 3.05) is 0 Å². The zero-order valence-electron chi connectivity index (χ0n) is 13.4. The second-order valence-corrected chi connectivity index (χ2v) is 6.29. The quantitative estimate of drug-likeness (QED) is 0.891. The first-order chi connectivity index (χ1) is 11.6. The van der Waals surface area contributed by atoms with Gasteiger partial charge < -0.3 is 9.84 Å². The van der Waals surface area contributed by atoms with Crippen molar-refractivity contribution >= 4 is 5.91 Å². The summed E-state index contributed by atoms with van der Waals surface area (Å²) >= 11 is 0. The number of benzene rings is 1. The molecule has 1 aromatic heterocycles. The Morgan fingerprint density at radius 3 is 2.75 bits per heavy atom. The summed E-state index contributed by atoms with van der Waals surface area (Å²) in [5, 5.41) is 6.64. The van der Waals surface area contributed by atoms with E-state index in [0.29, 0.717) is 18.0 Å². The highest BCUT2D eigenvalue weighted by atomic mass is 19.1. The highest BCUT2D eigenvalue weighted by molar-refractivity contribution is 5.76. The first-order valence-corrected chi connectivity index (χ1v) is 8.29. The summed E-state index contributed by atoms with van der Waals surface area (Å²) in [6.07, 6.45) is 6.44. The van der Waals surface area contributed by atoms with E-state index in [0.717, 1.165) is 25.0 Å². The smallest absolute Gasteiger partial charge is 0.220 e. The van der Waals surface area contributed by atoms with Gasteiger partial charge in [0.15, 0.2) is 5.76 Å². The van der Waals surface area contributed by atoms with Gasteiger partial charge in [-0.15, -0.1) is 0 Å². The molecule has 0 unspecified atom stereocenters. The molecule has 0 spiro atoms. The van der Waals surface area contributed by atoms with Crippen molar-refractivity contribution in [1.29, 1.82) is 0 Å². The molecule has 1 aliphatic rings. The molecule has 0 aliphatic heterocycles. The SMILES string of the molecule is O=C(CC1CCCCC1)NCc1cc(-c2ccc(F)cc2F)on1. The number of hydrogen-bond acceptors (Lipinski definition) is 3. The topological polar surface area (TPSA) is 55.1 Å². The highest BCUT2D eigenvalue weighted by Gasteiger charge is 2.17. The lowest BCUT2D eigenvalue weighted by atomic mass is 9.87. The van der Waals surface area contributed by atoms with Crippen LogP contribution in [0.3, 0.4) is 0 Å². The first kappa shape index (κ1) is 16.6. The fourth-order valence-corrected chi connectivity index (χ4v) is 3.13. The largest absolute Gasteiger partial charge is 0.356 e. The number of nitrogens with zero attached hydrogens (tertiary/aromatic N) is 1. The third-order valence-electron chi connectivity index (χ3n) is 4.42. The van der Waals surface area contributed by atoms with E-state index in [-0.39, 0.29) is 23.8 Å². The molecule has 2 aromatic rings. The third-order valence-corrected chi connectivity index (χ3v) is 4.42. The molecule has 0 saturated heterocycles. The molecule has 0 bridgehead atoms. The Morgan fingerprint density at radius 2 is 2.00 bits per heavy atom. The lowest BCUT2D eigenvalue weighted by Crippen LogP contribution is -2.26. The Balaban J connectivity index is 1.55. The van der Waals surface area contributed by atoms with Crippen LogP contribution in [-0.2, 0) is 11.3 Å². The van der Waals surface area contributed by atoms with Crippen molar-refractivity contribution < 1.29 is 18.1 Å². The number of rotatable bonds is 5. The van der Waals surface area contributed by atoms with Gasteiger partial charge in [0.1, 0.15) is 17.3 Å². The van der Waals surface area contributed by atoms with Crippen molar-refractivity contribution in [2.24, 2.45) is 5.92 Å². The molecule has 0 radical (unpaired) electrons. The maximum Gasteiger partial charge on any atom is 0.220 e. The van der Waals surface area contributed by atoms with Gasteiger partial charge in [-0.3, -0.25) is 4.79 Å². The number of hydrogen-bond donors (Lipinski definition) is 1. The van der Waals surface area contributed by atoms with E-state index in [4.69, 9.17) is 4.52 Å². The number of carbonyl (C=O) groups is 1. The minimum atomic E-state index is -0.709. The molecule has 24 heavy (non-hydrogen) atoms. The summed E-state index contributed by atoms with van der Waals surface area (Å²) in [6, 6.07) is 4.81. The van der Waals surface area contributed by atoms with E-state index >= 15 is 0 Å². The number of amides is 1. The number of carbonyl (C=O) groups excluding carboxylic acids is 1. The van der Waals surface area contributed by atoms with Crippen LogP contribution < -0.4 is 5.32 Å². The van der Waals surface area contributed by atoms with Gasteiger partial charge in [-0.05, 0) is 30.9 Å². The monoisotopic (exact) mass is 334 g/mol. The Labute approximate surface area is 139 Å². The maximum atomic E-state index is 13.7. The Morgan fingerprint density at radius 1 is 1.21 bits per heavy atom. The predicted octanol–water partition coefficient (Wildman–Crippen LogP) is 4.21. The molecular weight excluding hydrogens is 314 g/mol. The molecule has 1 fully saturated rings. The van der Waals surface area contributed by atoms with E-state index in [2.05, 4.69) is 10.5 Å². The lowest BCUT2D eigenvalue weighted by Gasteiger charge is -2.20. The van der Waals surface area contributed by atoms with Crippen LogP contribution in [0.4, 0.5) is 8.78 Å². The molecule has 0 atom stereocenters. The third kappa shape index (κ3) is 4.19. The van der Waals surface area contributed by atoms with Gasteiger partial charge >= 0.3 is 0 Å². The van der Waals surface area contributed by atoms with Crippen LogP contribution >= 0.6 is 0 Å².